The second kappa shape index (κ2) is 7.74. The van der Waals surface area contributed by atoms with Crippen molar-refractivity contribution >= 4 is 23.2 Å². The van der Waals surface area contributed by atoms with Crippen molar-refractivity contribution in [2.75, 3.05) is 45.3 Å². The van der Waals surface area contributed by atoms with Gasteiger partial charge >= 0.3 is 0 Å². The van der Waals surface area contributed by atoms with Gasteiger partial charge < -0.3 is 24.4 Å². The smallest absolute Gasteiger partial charge is 0.254 e. The summed E-state index contributed by atoms with van der Waals surface area (Å²) in [6, 6.07) is 10.5. The number of para-hydroxylation sites is 2. The van der Waals surface area contributed by atoms with Crippen LogP contribution < -0.4 is 14.4 Å². The molecule has 2 aromatic carbocycles. The molecule has 0 aromatic heterocycles. The molecule has 138 valence electrons. The summed E-state index contributed by atoms with van der Waals surface area (Å²) in [5.74, 6) is 0.981. The molecule has 0 bridgehead atoms. The quantitative estimate of drug-likeness (QED) is 0.888. The molecule has 1 N–H and O–H groups in total. The Balaban J connectivity index is 1.73. The SMILES string of the molecule is COc1cc(C(=O)N2CCN(c3ccccc3O)CC2)cc(Cl)c1OC. The number of nitrogens with zero attached hydrogens (tertiary/aromatic N) is 2. The van der Waals surface area contributed by atoms with Gasteiger partial charge in [-0.05, 0) is 24.3 Å². The lowest BCUT2D eigenvalue weighted by atomic mass is 10.1. The number of phenols is 1. The summed E-state index contributed by atoms with van der Waals surface area (Å²) in [5.41, 5.74) is 1.25. The van der Waals surface area contributed by atoms with E-state index >= 15 is 0 Å². The van der Waals surface area contributed by atoms with Crippen molar-refractivity contribution in [3.05, 3.63) is 47.0 Å². The number of halogens is 1. The van der Waals surface area contributed by atoms with E-state index in [1.807, 2.05) is 12.1 Å². The fourth-order valence-electron chi connectivity index (χ4n) is 3.11. The van der Waals surface area contributed by atoms with Gasteiger partial charge in [-0.1, -0.05) is 23.7 Å². The van der Waals surface area contributed by atoms with Crippen molar-refractivity contribution in [3.63, 3.8) is 0 Å². The maximum absolute atomic E-state index is 12.8. The number of carbonyl (C=O) groups is 1. The molecule has 2 aromatic rings. The third-order valence-corrected chi connectivity index (χ3v) is 4.75. The fraction of sp³-hybridized carbons (Fsp3) is 0.316. The van der Waals surface area contributed by atoms with E-state index in [2.05, 4.69) is 4.90 Å². The highest BCUT2D eigenvalue weighted by molar-refractivity contribution is 6.32. The summed E-state index contributed by atoms with van der Waals surface area (Å²) in [6.07, 6.45) is 0. The van der Waals surface area contributed by atoms with Crippen molar-refractivity contribution in [1.29, 1.82) is 0 Å². The second-order valence-electron chi connectivity index (χ2n) is 5.96. The van der Waals surface area contributed by atoms with Crippen LogP contribution >= 0.6 is 11.6 Å². The van der Waals surface area contributed by atoms with Gasteiger partial charge in [0.15, 0.2) is 11.5 Å². The van der Waals surface area contributed by atoms with Gasteiger partial charge in [0.2, 0.25) is 0 Å². The van der Waals surface area contributed by atoms with Gasteiger partial charge in [-0.2, -0.15) is 0 Å². The Bertz CT molecular complexity index is 804. The molecule has 1 aliphatic rings. The standard InChI is InChI=1S/C19H21ClN2O4/c1-25-17-12-13(11-14(20)18(17)26-2)19(24)22-9-7-21(8-10-22)15-5-3-4-6-16(15)23/h3-6,11-12,23H,7-10H2,1-2H3. The van der Waals surface area contributed by atoms with Crippen LogP contribution in [0.15, 0.2) is 36.4 Å². The third-order valence-electron chi connectivity index (χ3n) is 4.47. The summed E-state index contributed by atoms with van der Waals surface area (Å²) >= 11 is 6.21. The minimum Gasteiger partial charge on any atom is -0.506 e. The first kappa shape index (κ1) is 18.2. The van der Waals surface area contributed by atoms with Crippen LogP contribution in [-0.4, -0.2) is 56.3 Å². The van der Waals surface area contributed by atoms with E-state index < -0.39 is 0 Å². The number of benzene rings is 2. The lowest BCUT2D eigenvalue weighted by Crippen LogP contribution is -2.48. The number of ether oxygens (including phenoxy) is 2. The lowest BCUT2D eigenvalue weighted by Gasteiger charge is -2.36. The number of hydrogen-bond acceptors (Lipinski definition) is 5. The number of amides is 1. The van der Waals surface area contributed by atoms with Gasteiger partial charge in [0.1, 0.15) is 5.75 Å². The summed E-state index contributed by atoms with van der Waals surface area (Å²) in [4.78, 5) is 16.7. The van der Waals surface area contributed by atoms with E-state index in [1.54, 1.807) is 29.2 Å². The number of rotatable bonds is 4. The zero-order chi connectivity index (χ0) is 18.7. The first-order valence-electron chi connectivity index (χ1n) is 8.29. The van der Waals surface area contributed by atoms with Gasteiger partial charge in [-0.15, -0.1) is 0 Å². The van der Waals surface area contributed by atoms with E-state index in [4.69, 9.17) is 21.1 Å². The van der Waals surface area contributed by atoms with Crippen LogP contribution in [0.1, 0.15) is 10.4 Å². The monoisotopic (exact) mass is 376 g/mol. The molecule has 6 nitrogen and oxygen atoms in total. The molecule has 0 unspecified atom stereocenters. The second-order valence-corrected chi connectivity index (χ2v) is 6.37. The average Bonchev–Trinajstić information content (AvgIpc) is 2.67. The molecule has 26 heavy (non-hydrogen) atoms. The number of methoxy groups -OCH3 is 2. The van der Waals surface area contributed by atoms with Crippen LogP contribution in [0.2, 0.25) is 5.02 Å². The van der Waals surface area contributed by atoms with Gasteiger partial charge in [-0.25, -0.2) is 0 Å². The number of aromatic hydroxyl groups is 1. The number of phenolic OH excluding ortho intramolecular Hbond substituents is 1. The zero-order valence-corrected chi connectivity index (χ0v) is 15.5. The molecule has 1 heterocycles. The molecule has 1 fully saturated rings. The molecule has 1 amide bonds. The topological polar surface area (TPSA) is 62.2 Å². The van der Waals surface area contributed by atoms with E-state index in [-0.39, 0.29) is 11.7 Å². The Labute approximate surface area is 157 Å². The summed E-state index contributed by atoms with van der Waals surface area (Å²) < 4.78 is 10.5. The normalized spacial score (nSPS) is 14.3. The Morgan fingerprint density at radius 2 is 1.77 bits per heavy atom. The van der Waals surface area contributed by atoms with Crippen molar-refractivity contribution in [3.8, 4) is 17.2 Å². The molecule has 3 rings (SSSR count). The van der Waals surface area contributed by atoms with Gasteiger partial charge in [0, 0.05) is 31.7 Å². The molecule has 0 radical (unpaired) electrons. The summed E-state index contributed by atoms with van der Waals surface area (Å²) in [5, 5.41) is 10.3. The molecule has 0 spiro atoms. The maximum Gasteiger partial charge on any atom is 0.254 e. The molecule has 0 atom stereocenters. The fourth-order valence-corrected chi connectivity index (χ4v) is 3.39. The first-order valence-corrected chi connectivity index (χ1v) is 8.66. The highest BCUT2D eigenvalue weighted by Gasteiger charge is 2.25. The summed E-state index contributed by atoms with van der Waals surface area (Å²) in [7, 11) is 3.01. The van der Waals surface area contributed by atoms with Gasteiger partial charge in [-0.3, -0.25) is 4.79 Å². The highest BCUT2D eigenvalue weighted by Crippen LogP contribution is 2.36. The third kappa shape index (κ3) is 3.51. The van der Waals surface area contributed by atoms with E-state index in [0.717, 1.165) is 5.69 Å². The molecular weight excluding hydrogens is 356 g/mol. The van der Waals surface area contributed by atoms with Crippen LogP contribution in [-0.2, 0) is 0 Å². The Morgan fingerprint density at radius 1 is 1.08 bits per heavy atom. The summed E-state index contributed by atoms with van der Waals surface area (Å²) in [6.45, 7) is 2.40. The number of hydrogen-bond donors (Lipinski definition) is 1. The predicted octanol–water partition coefficient (Wildman–Crippen LogP) is 3.03. The minimum atomic E-state index is -0.107. The molecule has 7 heteroatoms. The van der Waals surface area contributed by atoms with E-state index in [1.165, 1.54) is 14.2 Å². The maximum atomic E-state index is 12.8. The molecule has 0 saturated carbocycles. The Hall–Kier alpha value is -2.60. The minimum absolute atomic E-state index is 0.107. The number of carbonyl (C=O) groups excluding carboxylic acids is 1. The average molecular weight is 377 g/mol. The van der Waals surface area contributed by atoms with Crippen LogP contribution in [0.3, 0.4) is 0 Å². The van der Waals surface area contributed by atoms with Crippen molar-refractivity contribution < 1.29 is 19.4 Å². The van der Waals surface area contributed by atoms with E-state index in [9.17, 15) is 9.90 Å². The molecule has 1 aliphatic heterocycles. The van der Waals surface area contributed by atoms with Crippen LogP contribution in [0.4, 0.5) is 5.69 Å². The first-order chi connectivity index (χ1) is 12.5. The van der Waals surface area contributed by atoms with E-state index in [0.29, 0.717) is 48.3 Å². The number of piperazine rings is 1. The predicted molar refractivity (Wildman–Crippen MR) is 101 cm³/mol. The van der Waals surface area contributed by atoms with Crippen molar-refractivity contribution in [2.24, 2.45) is 0 Å². The van der Waals surface area contributed by atoms with Crippen molar-refractivity contribution in [2.45, 2.75) is 0 Å². The highest BCUT2D eigenvalue weighted by atomic mass is 35.5. The van der Waals surface area contributed by atoms with Crippen LogP contribution in [0, 0.1) is 0 Å². The van der Waals surface area contributed by atoms with Gasteiger partial charge in [0.25, 0.3) is 5.91 Å². The molecule has 0 aliphatic carbocycles. The van der Waals surface area contributed by atoms with Crippen molar-refractivity contribution in [1.82, 2.24) is 4.90 Å². The van der Waals surface area contributed by atoms with Crippen LogP contribution in [0.25, 0.3) is 0 Å². The largest absolute Gasteiger partial charge is 0.506 e. The van der Waals surface area contributed by atoms with Crippen LogP contribution in [0.5, 0.6) is 17.2 Å². The Morgan fingerprint density at radius 3 is 2.38 bits per heavy atom. The lowest BCUT2D eigenvalue weighted by molar-refractivity contribution is 0.0746. The molecular formula is C19H21ClN2O4. The molecule has 1 saturated heterocycles. The zero-order valence-electron chi connectivity index (χ0n) is 14.7. The number of anilines is 1. The van der Waals surface area contributed by atoms with Gasteiger partial charge in [0.05, 0.1) is 24.9 Å². The Kier molecular flexibility index (Phi) is 5.42.